The molecule has 1 aromatic rings. The summed E-state index contributed by atoms with van der Waals surface area (Å²) < 4.78 is 10.6. The molecule has 0 radical (unpaired) electrons. The Morgan fingerprint density at radius 2 is 1.94 bits per heavy atom. The lowest BCUT2D eigenvalue weighted by Crippen LogP contribution is -2.19. The monoisotopic (exact) mass is 238 g/mol. The molecule has 1 aromatic carbocycles. The summed E-state index contributed by atoms with van der Waals surface area (Å²) in [7, 11) is 5.29. The van der Waals surface area contributed by atoms with Gasteiger partial charge in [-0.3, -0.25) is 0 Å². The standard InChI is InChI=1S/C13H22N2O2/c1-14-8-5-9-15-10-11-6-4-7-12(16-2)13(11)17-3/h4,6-7,14-15H,5,8-10H2,1-3H3. The van der Waals surface area contributed by atoms with Crippen LogP contribution >= 0.6 is 0 Å². The van der Waals surface area contributed by atoms with E-state index in [9.17, 15) is 0 Å². The van der Waals surface area contributed by atoms with Crippen LogP contribution in [0.3, 0.4) is 0 Å². The molecular formula is C13H22N2O2. The second-order valence-electron chi connectivity index (χ2n) is 3.79. The van der Waals surface area contributed by atoms with Crippen LogP contribution in [0.1, 0.15) is 12.0 Å². The molecule has 0 spiro atoms. The number of para-hydroxylation sites is 1. The fourth-order valence-corrected chi connectivity index (χ4v) is 1.71. The summed E-state index contributed by atoms with van der Waals surface area (Å²) in [4.78, 5) is 0. The molecule has 1 rings (SSSR count). The number of benzene rings is 1. The number of rotatable bonds is 8. The Labute approximate surface area is 103 Å². The van der Waals surface area contributed by atoms with E-state index in [4.69, 9.17) is 9.47 Å². The van der Waals surface area contributed by atoms with E-state index in [1.54, 1.807) is 14.2 Å². The zero-order chi connectivity index (χ0) is 12.5. The summed E-state index contributed by atoms with van der Waals surface area (Å²) in [6.07, 6.45) is 1.11. The summed E-state index contributed by atoms with van der Waals surface area (Å²) in [5.74, 6) is 1.60. The number of methoxy groups -OCH3 is 2. The van der Waals surface area contributed by atoms with Gasteiger partial charge in [-0.1, -0.05) is 12.1 Å². The lowest BCUT2D eigenvalue weighted by molar-refractivity contribution is 0.350. The second kappa shape index (κ2) is 7.92. The third-order valence-corrected chi connectivity index (χ3v) is 2.58. The smallest absolute Gasteiger partial charge is 0.165 e. The highest BCUT2D eigenvalue weighted by Crippen LogP contribution is 2.30. The molecule has 0 saturated heterocycles. The Hall–Kier alpha value is -1.26. The maximum Gasteiger partial charge on any atom is 0.165 e. The third kappa shape index (κ3) is 4.24. The molecule has 0 aliphatic carbocycles. The first kappa shape index (κ1) is 13.8. The van der Waals surface area contributed by atoms with Gasteiger partial charge in [0.05, 0.1) is 14.2 Å². The van der Waals surface area contributed by atoms with Gasteiger partial charge in [-0.15, -0.1) is 0 Å². The number of hydrogen-bond donors (Lipinski definition) is 2. The molecule has 96 valence electrons. The first-order chi connectivity index (χ1) is 8.33. The van der Waals surface area contributed by atoms with Gasteiger partial charge in [-0.05, 0) is 32.6 Å². The molecule has 2 N–H and O–H groups in total. The van der Waals surface area contributed by atoms with Crippen LogP contribution in [-0.4, -0.2) is 34.4 Å². The van der Waals surface area contributed by atoms with Crippen LogP contribution in [-0.2, 0) is 6.54 Å². The summed E-state index contributed by atoms with van der Waals surface area (Å²) >= 11 is 0. The van der Waals surface area contributed by atoms with E-state index in [2.05, 4.69) is 10.6 Å². The maximum atomic E-state index is 5.37. The molecule has 0 saturated carbocycles. The molecule has 0 aliphatic rings. The minimum atomic E-state index is 0.780. The van der Waals surface area contributed by atoms with Gasteiger partial charge in [0, 0.05) is 12.1 Å². The van der Waals surface area contributed by atoms with Crippen molar-refractivity contribution in [2.45, 2.75) is 13.0 Å². The van der Waals surface area contributed by atoms with Gasteiger partial charge in [0.25, 0.3) is 0 Å². The largest absolute Gasteiger partial charge is 0.493 e. The number of nitrogens with one attached hydrogen (secondary N) is 2. The highest BCUT2D eigenvalue weighted by Gasteiger charge is 2.08. The van der Waals surface area contributed by atoms with Crippen molar-refractivity contribution in [2.24, 2.45) is 0 Å². The number of hydrogen-bond acceptors (Lipinski definition) is 4. The Balaban J connectivity index is 2.52. The molecule has 0 bridgehead atoms. The SMILES string of the molecule is CNCCCNCc1cccc(OC)c1OC. The van der Waals surface area contributed by atoms with Crippen molar-refractivity contribution in [3.05, 3.63) is 23.8 Å². The average Bonchev–Trinajstić information content (AvgIpc) is 2.38. The van der Waals surface area contributed by atoms with E-state index >= 15 is 0 Å². The zero-order valence-electron chi connectivity index (χ0n) is 10.9. The molecule has 0 heterocycles. The van der Waals surface area contributed by atoms with Crippen LogP contribution in [0.25, 0.3) is 0 Å². The second-order valence-corrected chi connectivity index (χ2v) is 3.79. The lowest BCUT2D eigenvalue weighted by Gasteiger charge is -2.13. The van der Waals surface area contributed by atoms with Gasteiger partial charge >= 0.3 is 0 Å². The van der Waals surface area contributed by atoms with Crippen LogP contribution in [0.5, 0.6) is 11.5 Å². The summed E-state index contributed by atoms with van der Waals surface area (Å²) in [6, 6.07) is 5.93. The van der Waals surface area contributed by atoms with E-state index in [1.807, 2.05) is 25.2 Å². The van der Waals surface area contributed by atoms with Crippen molar-refractivity contribution in [2.75, 3.05) is 34.4 Å². The van der Waals surface area contributed by atoms with E-state index in [1.165, 1.54) is 0 Å². The average molecular weight is 238 g/mol. The molecule has 0 unspecified atom stereocenters. The molecule has 4 heteroatoms. The first-order valence-electron chi connectivity index (χ1n) is 5.88. The van der Waals surface area contributed by atoms with E-state index < -0.39 is 0 Å². The highest BCUT2D eigenvalue weighted by molar-refractivity contribution is 5.46. The molecule has 0 atom stereocenters. The molecule has 4 nitrogen and oxygen atoms in total. The Morgan fingerprint density at radius 1 is 1.12 bits per heavy atom. The fourth-order valence-electron chi connectivity index (χ4n) is 1.71. The van der Waals surface area contributed by atoms with E-state index in [-0.39, 0.29) is 0 Å². The molecule has 0 fully saturated rings. The quantitative estimate of drug-likeness (QED) is 0.672. The summed E-state index contributed by atoms with van der Waals surface area (Å²) in [5, 5.41) is 6.51. The van der Waals surface area contributed by atoms with Gasteiger partial charge in [-0.25, -0.2) is 0 Å². The molecular weight excluding hydrogens is 216 g/mol. The van der Waals surface area contributed by atoms with Gasteiger partial charge in [0.1, 0.15) is 0 Å². The van der Waals surface area contributed by atoms with E-state index in [0.29, 0.717) is 0 Å². The lowest BCUT2D eigenvalue weighted by atomic mass is 10.2. The Morgan fingerprint density at radius 3 is 2.59 bits per heavy atom. The van der Waals surface area contributed by atoms with Gasteiger partial charge in [0.15, 0.2) is 11.5 Å². The molecule has 17 heavy (non-hydrogen) atoms. The van der Waals surface area contributed by atoms with Gasteiger partial charge in [-0.2, -0.15) is 0 Å². The van der Waals surface area contributed by atoms with Crippen LogP contribution in [0, 0.1) is 0 Å². The van der Waals surface area contributed by atoms with Crippen LogP contribution in [0.2, 0.25) is 0 Å². The molecule has 0 aliphatic heterocycles. The maximum absolute atomic E-state index is 5.37. The van der Waals surface area contributed by atoms with Crippen molar-refractivity contribution in [1.29, 1.82) is 0 Å². The fraction of sp³-hybridized carbons (Fsp3) is 0.538. The Kier molecular flexibility index (Phi) is 6.43. The minimum absolute atomic E-state index is 0.780. The summed E-state index contributed by atoms with van der Waals surface area (Å²) in [5.41, 5.74) is 1.12. The van der Waals surface area contributed by atoms with Crippen molar-refractivity contribution < 1.29 is 9.47 Å². The zero-order valence-corrected chi connectivity index (χ0v) is 10.9. The van der Waals surface area contributed by atoms with Crippen molar-refractivity contribution in [1.82, 2.24) is 10.6 Å². The van der Waals surface area contributed by atoms with Crippen molar-refractivity contribution in [3.63, 3.8) is 0 Å². The predicted molar refractivity (Wildman–Crippen MR) is 69.8 cm³/mol. The third-order valence-electron chi connectivity index (χ3n) is 2.58. The van der Waals surface area contributed by atoms with E-state index in [0.717, 1.165) is 43.1 Å². The van der Waals surface area contributed by atoms with Crippen molar-refractivity contribution >= 4 is 0 Å². The van der Waals surface area contributed by atoms with Crippen LogP contribution in [0.15, 0.2) is 18.2 Å². The normalized spacial score (nSPS) is 10.3. The van der Waals surface area contributed by atoms with Crippen LogP contribution in [0.4, 0.5) is 0 Å². The predicted octanol–water partition coefficient (Wildman–Crippen LogP) is 1.40. The molecule has 0 amide bonds. The topological polar surface area (TPSA) is 42.5 Å². The van der Waals surface area contributed by atoms with Gasteiger partial charge in [0.2, 0.25) is 0 Å². The number of ether oxygens (including phenoxy) is 2. The summed E-state index contributed by atoms with van der Waals surface area (Å²) in [6.45, 7) is 2.81. The van der Waals surface area contributed by atoms with Crippen LogP contribution < -0.4 is 20.1 Å². The van der Waals surface area contributed by atoms with Gasteiger partial charge < -0.3 is 20.1 Å². The van der Waals surface area contributed by atoms with Crippen molar-refractivity contribution in [3.8, 4) is 11.5 Å². The first-order valence-corrected chi connectivity index (χ1v) is 5.88. The Bertz CT molecular complexity index is 329. The molecule has 0 aromatic heterocycles. The highest BCUT2D eigenvalue weighted by atomic mass is 16.5. The minimum Gasteiger partial charge on any atom is -0.493 e.